The molecule has 3 aromatic rings. The number of carbonyl (C=O) groups is 2. The number of aryl methyl sites for hydroxylation is 2. The Kier molecular flexibility index (Phi) is 10.3. The summed E-state index contributed by atoms with van der Waals surface area (Å²) >= 11 is 12.8. The Bertz CT molecular complexity index is 1250. The standard InChI is InChI=1S/C32H36Cl2N2O3/c1-22-17-27(18-23(2)31(22)34)39-21-30(37)36(20-25-13-9-10-16-28(25)33)29(19-24-11-5-3-6-12-24)32(38)35-26-14-7-4-8-15-26/h3,5-6,9-13,16-18,26,29H,4,7-8,14-15,19-21H2,1-2H3,(H,35,38)/t29-/m1/s1. The summed E-state index contributed by atoms with van der Waals surface area (Å²) in [6, 6.07) is 20.2. The number of halogens is 2. The minimum absolute atomic E-state index is 0.123. The lowest BCUT2D eigenvalue weighted by molar-refractivity contribution is -0.143. The third kappa shape index (κ3) is 8.00. The Hall–Kier alpha value is -3.02. The molecular formula is C32H36Cl2N2O3. The van der Waals surface area contributed by atoms with Crippen LogP contribution in [0.5, 0.6) is 5.75 Å². The molecule has 0 aromatic heterocycles. The zero-order chi connectivity index (χ0) is 27.8. The first-order valence-corrected chi connectivity index (χ1v) is 14.3. The normalized spacial score (nSPS) is 14.5. The van der Waals surface area contributed by atoms with Crippen molar-refractivity contribution in [2.24, 2.45) is 0 Å². The van der Waals surface area contributed by atoms with Crippen LogP contribution in [0, 0.1) is 13.8 Å². The van der Waals surface area contributed by atoms with Crippen LogP contribution in [0.3, 0.4) is 0 Å². The molecule has 1 aliphatic carbocycles. The summed E-state index contributed by atoms with van der Waals surface area (Å²) in [6.07, 6.45) is 5.70. The molecule has 2 amide bonds. The third-order valence-electron chi connectivity index (χ3n) is 7.29. The summed E-state index contributed by atoms with van der Waals surface area (Å²) in [5.74, 6) is 0.121. The molecule has 1 atom stereocenters. The van der Waals surface area contributed by atoms with E-state index < -0.39 is 6.04 Å². The van der Waals surface area contributed by atoms with Crippen molar-refractivity contribution in [2.45, 2.75) is 71.0 Å². The fourth-order valence-corrected chi connectivity index (χ4v) is 5.43. The fraction of sp³-hybridized carbons (Fsp3) is 0.375. The van der Waals surface area contributed by atoms with E-state index in [-0.39, 0.29) is 31.0 Å². The van der Waals surface area contributed by atoms with Gasteiger partial charge in [0.05, 0.1) is 0 Å². The maximum atomic E-state index is 13.8. The Morgan fingerprint density at radius 3 is 2.26 bits per heavy atom. The Morgan fingerprint density at radius 1 is 0.949 bits per heavy atom. The average Bonchev–Trinajstić information content (AvgIpc) is 2.94. The molecule has 206 valence electrons. The molecule has 0 radical (unpaired) electrons. The fourth-order valence-electron chi connectivity index (χ4n) is 5.13. The van der Waals surface area contributed by atoms with Gasteiger partial charge in [0.15, 0.2) is 6.61 Å². The molecule has 5 nitrogen and oxygen atoms in total. The molecule has 39 heavy (non-hydrogen) atoms. The van der Waals surface area contributed by atoms with Crippen molar-refractivity contribution in [3.05, 3.63) is 99.0 Å². The first-order chi connectivity index (χ1) is 18.8. The van der Waals surface area contributed by atoms with Crippen molar-refractivity contribution in [1.82, 2.24) is 10.2 Å². The average molecular weight is 568 g/mol. The van der Waals surface area contributed by atoms with Gasteiger partial charge in [0.25, 0.3) is 5.91 Å². The van der Waals surface area contributed by atoms with E-state index in [1.807, 2.05) is 74.5 Å². The number of carbonyl (C=O) groups excluding carboxylic acids is 2. The highest BCUT2D eigenvalue weighted by molar-refractivity contribution is 6.32. The minimum Gasteiger partial charge on any atom is -0.484 e. The molecule has 0 aliphatic heterocycles. The van der Waals surface area contributed by atoms with E-state index in [1.165, 1.54) is 6.42 Å². The number of ether oxygens (including phenoxy) is 1. The van der Waals surface area contributed by atoms with Gasteiger partial charge in [-0.25, -0.2) is 0 Å². The van der Waals surface area contributed by atoms with Crippen molar-refractivity contribution in [3.8, 4) is 5.75 Å². The molecule has 1 aliphatic rings. The molecular weight excluding hydrogens is 531 g/mol. The van der Waals surface area contributed by atoms with E-state index in [9.17, 15) is 9.59 Å². The van der Waals surface area contributed by atoms with Gasteiger partial charge in [-0.1, -0.05) is 91.0 Å². The van der Waals surface area contributed by atoms with Crippen molar-refractivity contribution < 1.29 is 14.3 Å². The Labute approximate surface area is 241 Å². The van der Waals surface area contributed by atoms with Gasteiger partial charge in [-0.15, -0.1) is 0 Å². The monoisotopic (exact) mass is 566 g/mol. The molecule has 3 aromatic carbocycles. The molecule has 0 bridgehead atoms. The lowest BCUT2D eigenvalue weighted by Crippen LogP contribution is -2.53. The molecule has 0 heterocycles. The molecule has 0 unspecified atom stereocenters. The maximum absolute atomic E-state index is 13.8. The van der Waals surface area contributed by atoms with Crippen LogP contribution in [0.4, 0.5) is 0 Å². The second-order valence-electron chi connectivity index (χ2n) is 10.3. The van der Waals surface area contributed by atoms with Crippen LogP contribution in [-0.4, -0.2) is 35.4 Å². The second-order valence-corrected chi connectivity index (χ2v) is 11.1. The topological polar surface area (TPSA) is 58.6 Å². The Balaban J connectivity index is 1.63. The summed E-state index contributed by atoms with van der Waals surface area (Å²) in [4.78, 5) is 29.3. The van der Waals surface area contributed by atoms with Gasteiger partial charge in [0.1, 0.15) is 11.8 Å². The highest BCUT2D eigenvalue weighted by atomic mass is 35.5. The van der Waals surface area contributed by atoms with Gasteiger partial charge in [0, 0.05) is 29.1 Å². The van der Waals surface area contributed by atoms with Gasteiger partial charge in [-0.3, -0.25) is 9.59 Å². The molecule has 1 N–H and O–H groups in total. The summed E-state index contributed by atoms with van der Waals surface area (Å²) in [6.45, 7) is 3.78. The lowest BCUT2D eigenvalue weighted by atomic mass is 9.94. The summed E-state index contributed by atoms with van der Waals surface area (Å²) in [5, 5.41) is 4.47. The van der Waals surface area contributed by atoms with Gasteiger partial charge >= 0.3 is 0 Å². The molecule has 1 fully saturated rings. The summed E-state index contributed by atoms with van der Waals surface area (Å²) in [5.41, 5.74) is 3.50. The van der Waals surface area contributed by atoms with Crippen LogP contribution in [0.15, 0.2) is 66.7 Å². The number of nitrogens with one attached hydrogen (secondary N) is 1. The van der Waals surface area contributed by atoms with Crippen LogP contribution >= 0.6 is 23.2 Å². The van der Waals surface area contributed by atoms with Crippen LogP contribution in [0.25, 0.3) is 0 Å². The van der Waals surface area contributed by atoms with Crippen LogP contribution < -0.4 is 10.1 Å². The zero-order valence-corrected chi connectivity index (χ0v) is 24.1. The highest BCUT2D eigenvalue weighted by Crippen LogP contribution is 2.27. The molecule has 0 saturated heterocycles. The summed E-state index contributed by atoms with van der Waals surface area (Å²) in [7, 11) is 0. The summed E-state index contributed by atoms with van der Waals surface area (Å²) < 4.78 is 5.95. The van der Waals surface area contributed by atoms with Crippen molar-refractivity contribution >= 4 is 35.0 Å². The largest absolute Gasteiger partial charge is 0.484 e. The first kappa shape index (κ1) is 29.0. The number of benzene rings is 3. The molecule has 1 saturated carbocycles. The van der Waals surface area contributed by atoms with Gasteiger partial charge in [-0.05, 0) is 67.1 Å². The van der Waals surface area contributed by atoms with E-state index in [2.05, 4.69) is 5.32 Å². The number of amides is 2. The quantitative estimate of drug-likeness (QED) is 0.285. The van der Waals surface area contributed by atoms with Gasteiger partial charge in [-0.2, -0.15) is 0 Å². The predicted octanol–water partition coefficient (Wildman–Crippen LogP) is 7.08. The maximum Gasteiger partial charge on any atom is 0.261 e. The lowest BCUT2D eigenvalue weighted by Gasteiger charge is -2.33. The second kappa shape index (κ2) is 13.9. The first-order valence-electron chi connectivity index (χ1n) is 13.6. The third-order valence-corrected chi connectivity index (χ3v) is 8.26. The van der Waals surface area contributed by atoms with E-state index in [0.717, 1.165) is 47.9 Å². The van der Waals surface area contributed by atoms with Crippen LogP contribution in [0.1, 0.15) is 54.4 Å². The van der Waals surface area contributed by atoms with Crippen molar-refractivity contribution in [2.75, 3.05) is 6.61 Å². The highest BCUT2D eigenvalue weighted by Gasteiger charge is 2.32. The van der Waals surface area contributed by atoms with E-state index >= 15 is 0 Å². The zero-order valence-electron chi connectivity index (χ0n) is 22.6. The molecule has 0 spiro atoms. The van der Waals surface area contributed by atoms with E-state index in [1.54, 1.807) is 11.0 Å². The van der Waals surface area contributed by atoms with Crippen molar-refractivity contribution in [1.29, 1.82) is 0 Å². The number of rotatable bonds is 10. The van der Waals surface area contributed by atoms with Crippen LogP contribution in [0.2, 0.25) is 10.0 Å². The molecule has 4 rings (SSSR count). The SMILES string of the molecule is Cc1cc(OCC(=O)N(Cc2ccccc2Cl)[C@H](Cc2ccccc2)C(=O)NC2CCCCC2)cc(C)c1Cl. The smallest absolute Gasteiger partial charge is 0.261 e. The van der Waals surface area contributed by atoms with E-state index in [0.29, 0.717) is 22.2 Å². The minimum atomic E-state index is -0.726. The molecule has 7 heteroatoms. The van der Waals surface area contributed by atoms with Crippen LogP contribution in [-0.2, 0) is 22.6 Å². The number of nitrogens with zero attached hydrogens (tertiary/aromatic N) is 1. The van der Waals surface area contributed by atoms with Crippen molar-refractivity contribution in [3.63, 3.8) is 0 Å². The number of hydrogen-bond acceptors (Lipinski definition) is 3. The van der Waals surface area contributed by atoms with Gasteiger partial charge < -0.3 is 15.0 Å². The Morgan fingerprint density at radius 2 is 1.59 bits per heavy atom. The van der Waals surface area contributed by atoms with Gasteiger partial charge in [0.2, 0.25) is 5.91 Å². The number of hydrogen-bond donors (Lipinski definition) is 1. The van der Waals surface area contributed by atoms with E-state index in [4.69, 9.17) is 27.9 Å². The predicted molar refractivity (Wildman–Crippen MR) is 157 cm³/mol.